The highest BCUT2D eigenvalue weighted by Gasteiger charge is 2.46. The molecule has 0 spiro atoms. The van der Waals surface area contributed by atoms with Gasteiger partial charge in [0.05, 0.1) is 6.10 Å². The molecule has 1 fully saturated rings. The van der Waals surface area contributed by atoms with E-state index in [-0.39, 0.29) is 5.56 Å². The van der Waals surface area contributed by atoms with E-state index in [1.54, 1.807) is 0 Å². The van der Waals surface area contributed by atoms with Crippen LogP contribution in [0.25, 0.3) is 0 Å². The highest BCUT2D eigenvalue weighted by Crippen LogP contribution is 2.52. The standard InChI is InChI=1S/C17H16F2O/c18-13-7-8-14(15(19)11-13)16(20)17(9-4-10-17)12-5-2-1-3-6-12/h1-3,5-8,11,16,20H,4,9-10H2. The maximum atomic E-state index is 13.9. The van der Waals surface area contributed by atoms with E-state index in [0.29, 0.717) is 0 Å². The first-order valence-corrected chi connectivity index (χ1v) is 6.82. The van der Waals surface area contributed by atoms with Crippen molar-refractivity contribution < 1.29 is 13.9 Å². The number of hydrogen-bond donors (Lipinski definition) is 1. The molecule has 20 heavy (non-hydrogen) atoms. The predicted octanol–water partition coefficient (Wildman–Crippen LogP) is 4.12. The van der Waals surface area contributed by atoms with Crippen LogP contribution in [0.15, 0.2) is 48.5 Å². The molecule has 0 heterocycles. The van der Waals surface area contributed by atoms with E-state index in [1.807, 2.05) is 30.3 Å². The summed E-state index contributed by atoms with van der Waals surface area (Å²) in [5, 5.41) is 10.7. The summed E-state index contributed by atoms with van der Waals surface area (Å²) in [4.78, 5) is 0. The molecular formula is C17H16F2O. The highest BCUT2D eigenvalue weighted by molar-refractivity contribution is 5.35. The van der Waals surface area contributed by atoms with Gasteiger partial charge < -0.3 is 5.11 Å². The molecule has 1 nitrogen and oxygen atoms in total. The summed E-state index contributed by atoms with van der Waals surface area (Å²) in [6, 6.07) is 13.0. The number of aliphatic hydroxyl groups excluding tert-OH is 1. The Morgan fingerprint density at radius 3 is 2.25 bits per heavy atom. The van der Waals surface area contributed by atoms with Crippen LogP contribution in [0.5, 0.6) is 0 Å². The van der Waals surface area contributed by atoms with Gasteiger partial charge in [-0.05, 0) is 24.5 Å². The van der Waals surface area contributed by atoms with Gasteiger partial charge in [-0.1, -0.05) is 42.8 Å². The Bertz CT molecular complexity index is 606. The fourth-order valence-electron chi connectivity index (χ4n) is 3.07. The van der Waals surface area contributed by atoms with Crippen molar-refractivity contribution in [2.75, 3.05) is 0 Å². The average molecular weight is 274 g/mol. The van der Waals surface area contributed by atoms with Crippen LogP contribution < -0.4 is 0 Å². The molecule has 0 radical (unpaired) electrons. The summed E-state index contributed by atoms with van der Waals surface area (Å²) in [7, 11) is 0. The third-order valence-electron chi connectivity index (χ3n) is 4.37. The molecule has 0 bridgehead atoms. The van der Waals surface area contributed by atoms with Crippen LogP contribution in [0.2, 0.25) is 0 Å². The first-order valence-electron chi connectivity index (χ1n) is 6.82. The molecule has 1 aliphatic rings. The monoisotopic (exact) mass is 274 g/mol. The normalized spacial score (nSPS) is 18.4. The smallest absolute Gasteiger partial charge is 0.131 e. The molecule has 0 aliphatic heterocycles. The lowest BCUT2D eigenvalue weighted by Gasteiger charge is -2.46. The summed E-state index contributed by atoms with van der Waals surface area (Å²) in [5.74, 6) is -1.31. The van der Waals surface area contributed by atoms with Crippen molar-refractivity contribution in [1.82, 2.24) is 0 Å². The van der Waals surface area contributed by atoms with E-state index >= 15 is 0 Å². The number of benzene rings is 2. The molecule has 104 valence electrons. The maximum absolute atomic E-state index is 13.9. The SMILES string of the molecule is OC(c1ccc(F)cc1F)C1(c2ccccc2)CCC1. The average Bonchev–Trinajstić information content (AvgIpc) is 2.38. The van der Waals surface area contributed by atoms with Crippen LogP contribution in [0, 0.1) is 11.6 Å². The van der Waals surface area contributed by atoms with Crippen LogP contribution in [0.4, 0.5) is 8.78 Å². The van der Waals surface area contributed by atoms with Crippen molar-refractivity contribution in [2.24, 2.45) is 0 Å². The molecule has 1 saturated carbocycles. The molecule has 0 aromatic heterocycles. The summed E-state index contributed by atoms with van der Waals surface area (Å²) < 4.78 is 26.9. The van der Waals surface area contributed by atoms with E-state index in [2.05, 4.69) is 0 Å². The van der Waals surface area contributed by atoms with Gasteiger partial charge in [0.15, 0.2) is 0 Å². The third-order valence-corrected chi connectivity index (χ3v) is 4.37. The van der Waals surface area contributed by atoms with Gasteiger partial charge in [0.1, 0.15) is 11.6 Å². The topological polar surface area (TPSA) is 20.2 Å². The second kappa shape index (κ2) is 4.98. The van der Waals surface area contributed by atoms with Gasteiger partial charge in [0.2, 0.25) is 0 Å². The van der Waals surface area contributed by atoms with E-state index in [9.17, 15) is 13.9 Å². The molecule has 0 amide bonds. The lowest BCUT2D eigenvalue weighted by Crippen LogP contribution is -2.40. The first kappa shape index (κ1) is 13.3. The van der Waals surface area contributed by atoms with Crippen molar-refractivity contribution in [1.29, 1.82) is 0 Å². The Balaban J connectivity index is 2.01. The summed E-state index contributed by atoms with van der Waals surface area (Å²) in [6.45, 7) is 0. The highest BCUT2D eigenvalue weighted by atomic mass is 19.1. The zero-order valence-corrected chi connectivity index (χ0v) is 11.0. The molecule has 1 unspecified atom stereocenters. The van der Waals surface area contributed by atoms with Crippen molar-refractivity contribution in [3.05, 3.63) is 71.3 Å². The fourth-order valence-corrected chi connectivity index (χ4v) is 3.07. The Kier molecular flexibility index (Phi) is 3.30. The largest absolute Gasteiger partial charge is 0.387 e. The second-order valence-corrected chi connectivity index (χ2v) is 5.44. The van der Waals surface area contributed by atoms with Crippen molar-refractivity contribution in [3.63, 3.8) is 0 Å². The molecular weight excluding hydrogens is 258 g/mol. The number of halogens is 2. The fraction of sp³-hybridized carbons (Fsp3) is 0.294. The first-order chi connectivity index (χ1) is 9.63. The zero-order chi connectivity index (χ0) is 14.2. The summed E-state index contributed by atoms with van der Waals surface area (Å²) in [5.41, 5.74) is 0.748. The minimum atomic E-state index is -0.945. The van der Waals surface area contributed by atoms with Gasteiger partial charge in [0.25, 0.3) is 0 Å². The van der Waals surface area contributed by atoms with Gasteiger partial charge in [-0.2, -0.15) is 0 Å². The van der Waals surface area contributed by atoms with Crippen LogP contribution in [0.3, 0.4) is 0 Å². The zero-order valence-electron chi connectivity index (χ0n) is 11.0. The molecule has 1 atom stereocenters. The molecule has 3 heteroatoms. The maximum Gasteiger partial charge on any atom is 0.131 e. The van der Waals surface area contributed by atoms with E-state index < -0.39 is 23.2 Å². The van der Waals surface area contributed by atoms with E-state index in [1.165, 1.54) is 12.1 Å². The van der Waals surface area contributed by atoms with Gasteiger partial charge in [0, 0.05) is 17.0 Å². The van der Waals surface area contributed by atoms with Gasteiger partial charge in [-0.25, -0.2) is 8.78 Å². The number of rotatable bonds is 3. The Labute approximate surface area is 116 Å². The van der Waals surface area contributed by atoms with Crippen LogP contribution in [-0.4, -0.2) is 5.11 Å². The van der Waals surface area contributed by atoms with Crippen LogP contribution in [0.1, 0.15) is 36.5 Å². The Hall–Kier alpha value is -1.74. The molecule has 0 saturated heterocycles. The minimum Gasteiger partial charge on any atom is -0.387 e. The van der Waals surface area contributed by atoms with Gasteiger partial charge >= 0.3 is 0 Å². The lowest BCUT2D eigenvalue weighted by atomic mass is 9.60. The minimum absolute atomic E-state index is 0.176. The lowest BCUT2D eigenvalue weighted by molar-refractivity contribution is 0.0243. The van der Waals surface area contributed by atoms with Crippen molar-refractivity contribution in [3.8, 4) is 0 Å². The Morgan fingerprint density at radius 1 is 1.00 bits per heavy atom. The van der Waals surface area contributed by atoms with Crippen LogP contribution >= 0.6 is 0 Å². The van der Waals surface area contributed by atoms with E-state index in [4.69, 9.17) is 0 Å². The summed E-state index contributed by atoms with van der Waals surface area (Å²) in [6.07, 6.45) is 1.69. The van der Waals surface area contributed by atoms with Gasteiger partial charge in [-0.3, -0.25) is 0 Å². The quantitative estimate of drug-likeness (QED) is 0.892. The molecule has 1 aliphatic carbocycles. The Morgan fingerprint density at radius 2 is 1.70 bits per heavy atom. The molecule has 2 aromatic rings. The third kappa shape index (κ3) is 2.02. The predicted molar refractivity (Wildman–Crippen MR) is 73.3 cm³/mol. The molecule has 3 rings (SSSR count). The summed E-state index contributed by atoms with van der Waals surface area (Å²) >= 11 is 0. The van der Waals surface area contributed by atoms with Gasteiger partial charge in [-0.15, -0.1) is 0 Å². The number of aliphatic hydroxyl groups is 1. The van der Waals surface area contributed by atoms with E-state index in [0.717, 1.165) is 30.9 Å². The molecule has 2 aromatic carbocycles. The van der Waals surface area contributed by atoms with Crippen molar-refractivity contribution >= 4 is 0 Å². The molecule has 1 N–H and O–H groups in total. The number of hydrogen-bond acceptors (Lipinski definition) is 1. The van der Waals surface area contributed by atoms with Crippen molar-refractivity contribution in [2.45, 2.75) is 30.8 Å². The van der Waals surface area contributed by atoms with Crippen LogP contribution in [-0.2, 0) is 5.41 Å². The second-order valence-electron chi connectivity index (χ2n) is 5.44.